The summed E-state index contributed by atoms with van der Waals surface area (Å²) in [6.45, 7) is 5.49. The molecule has 1 saturated heterocycles. The van der Waals surface area contributed by atoms with E-state index in [0.29, 0.717) is 32.1 Å². The average molecular weight is 230 g/mol. The maximum atomic E-state index is 11.5. The van der Waals surface area contributed by atoms with Crippen LogP contribution in [0.2, 0.25) is 0 Å². The molecule has 1 heterocycles. The van der Waals surface area contributed by atoms with E-state index in [1.54, 1.807) is 6.92 Å². The minimum absolute atomic E-state index is 0.297. The first-order valence-corrected chi connectivity index (χ1v) is 5.35. The fourth-order valence-electron chi connectivity index (χ4n) is 1.43. The molecule has 92 valence electrons. The smallest absolute Gasteiger partial charge is 0.357 e. The molecule has 0 aromatic heterocycles. The van der Waals surface area contributed by atoms with E-state index in [9.17, 15) is 4.79 Å². The fraction of sp³-hybridized carbons (Fsp3) is 0.800. The summed E-state index contributed by atoms with van der Waals surface area (Å²) < 4.78 is 10.1. The van der Waals surface area contributed by atoms with E-state index < -0.39 is 5.97 Å². The molecular formula is C10H18N2O4. The van der Waals surface area contributed by atoms with Crippen LogP contribution in [0.25, 0.3) is 0 Å². The van der Waals surface area contributed by atoms with Crippen molar-refractivity contribution < 1.29 is 19.1 Å². The fourth-order valence-corrected chi connectivity index (χ4v) is 1.43. The van der Waals surface area contributed by atoms with Crippen LogP contribution in [0, 0.1) is 0 Å². The molecule has 0 saturated carbocycles. The van der Waals surface area contributed by atoms with Gasteiger partial charge in [-0.15, -0.1) is 0 Å². The minimum Gasteiger partial charge on any atom is -0.461 e. The van der Waals surface area contributed by atoms with Gasteiger partial charge in [0, 0.05) is 13.1 Å². The summed E-state index contributed by atoms with van der Waals surface area (Å²) in [7, 11) is 1.42. The van der Waals surface area contributed by atoms with Crippen LogP contribution in [0.4, 0.5) is 0 Å². The van der Waals surface area contributed by atoms with Crippen molar-refractivity contribution >= 4 is 11.7 Å². The van der Waals surface area contributed by atoms with E-state index in [2.05, 4.69) is 14.9 Å². The number of carbonyl (C=O) groups excluding carboxylic acids is 1. The first kappa shape index (κ1) is 12.9. The average Bonchev–Trinajstić information content (AvgIpc) is 2.30. The Hall–Kier alpha value is -1.14. The monoisotopic (exact) mass is 230 g/mol. The second-order valence-electron chi connectivity index (χ2n) is 3.33. The molecule has 0 atom stereocenters. The van der Waals surface area contributed by atoms with Crippen LogP contribution in [0.5, 0.6) is 0 Å². The summed E-state index contributed by atoms with van der Waals surface area (Å²) in [6.07, 6.45) is 0. The number of ether oxygens (including phenoxy) is 2. The van der Waals surface area contributed by atoms with E-state index >= 15 is 0 Å². The highest BCUT2D eigenvalue weighted by Crippen LogP contribution is 1.98. The highest BCUT2D eigenvalue weighted by atomic mass is 16.6. The van der Waals surface area contributed by atoms with Gasteiger partial charge in [-0.2, -0.15) is 0 Å². The van der Waals surface area contributed by atoms with Crippen LogP contribution in [-0.2, 0) is 19.1 Å². The van der Waals surface area contributed by atoms with Gasteiger partial charge >= 0.3 is 5.97 Å². The Bertz CT molecular complexity index is 249. The largest absolute Gasteiger partial charge is 0.461 e. The van der Waals surface area contributed by atoms with Gasteiger partial charge in [0.15, 0.2) is 5.71 Å². The molecule has 16 heavy (non-hydrogen) atoms. The normalized spacial score (nSPS) is 18.2. The molecule has 6 heteroatoms. The van der Waals surface area contributed by atoms with Crippen LogP contribution in [-0.4, -0.2) is 63.1 Å². The number of nitrogens with zero attached hydrogens (tertiary/aromatic N) is 2. The molecule has 1 aliphatic heterocycles. The van der Waals surface area contributed by atoms with Gasteiger partial charge in [-0.3, -0.25) is 4.90 Å². The topological polar surface area (TPSA) is 60.4 Å². The van der Waals surface area contributed by atoms with Crippen molar-refractivity contribution in [1.29, 1.82) is 0 Å². The molecule has 1 aliphatic rings. The molecule has 6 nitrogen and oxygen atoms in total. The van der Waals surface area contributed by atoms with E-state index in [4.69, 9.17) is 9.47 Å². The van der Waals surface area contributed by atoms with Crippen molar-refractivity contribution in [2.45, 2.75) is 6.92 Å². The minimum atomic E-state index is -0.421. The predicted octanol–water partition coefficient (Wildman–Crippen LogP) is -0.116. The number of rotatable bonds is 5. The summed E-state index contributed by atoms with van der Waals surface area (Å²) in [5, 5.41) is 3.70. The SMILES string of the molecule is CCOC(=O)C(CN1CCOCC1)=NOC. The molecule has 0 N–H and O–H groups in total. The zero-order valence-corrected chi connectivity index (χ0v) is 9.77. The van der Waals surface area contributed by atoms with Crippen molar-refractivity contribution in [2.75, 3.05) is 46.6 Å². The van der Waals surface area contributed by atoms with Gasteiger partial charge in [-0.25, -0.2) is 4.79 Å². The lowest BCUT2D eigenvalue weighted by Gasteiger charge is -2.26. The summed E-state index contributed by atoms with van der Waals surface area (Å²) in [5.41, 5.74) is 0.297. The van der Waals surface area contributed by atoms with Gasteiger partial charge in [-0.1, -0.05) is 5.16 Å². The zero-order chi connectivity index (χ0) is 11.8. The molecule has 1 rings (SSSR count). The Morgan fingerprint density at radius 3 is 2.69 bits per heavy atom. The molecule has 0 aromatic rings. The second kappa shape index (κ2) is 7.19. The van der Waals surface area contributed by atoms with Crippen molar-refractivity contribution in [2.24, 2.45) is 5.16 Å². The lowest BCUT2D eigenvalue weighted by molar-refractivity contribution is -0.135. The van der Waals surface area contributed by atoms with Crippen LogP contribution >= 0.6 is 0 Å². The number of hydrogen-bond acceptors (Lipinski definition) is 6. The van der Waals surface area contributed by atoms with E-state index in [1.165, 1.54) is 7.11 Å². The molecule has 0 aromatic carbocycles. The van der Waals surface area contributed by atoms with Crippen LogP contribution < -0.4 is 0 Å². The molecule has 0 bridgehead atoms. The number of esters is 1. The Morgan fingerprint density at radius 2 is 2.12 bits per heavy atom. The Kier molecular flexibility index (Phi) is 5.81. The standard InChI is InChI=1S/C10H18N2O4/c1-3-16-10(13)9(11-14-2)8-12-4-6-15-7-5-12/h3-8H2,1-2H3. The molecule has 0 aliphatic carbocycles. The third kappa shape index (κ3) is 4.16. The van der Waals surface area contributed by atoms with Gasteiger partial charge in [0.05, 0.1) is 26.4 Å². The van der Waals surface area contributed by atoms with E-state index in [0.717, 1.165) is 13.1 Å². The number of morpholine rings is 1. The summed E-state index contributed by atoms with van der Waals surface area (Å²) in [5.74, 6) is -0.421. The van der Waals surface area contributed by atoms with Gasteiger partial charge in [0.2, 0.25) is 0 Å². The van der Waals surface area contributed by atoms with Gasteiger partial charge in [-0.05, 0) is 6.92 Å². The number of hydrogen-bond donors (Lipinski definition) is 0. The lowest BCUT2D eigenvalue weighted by Crippen LogP contribution is -2.41. The third-order valence-electron chi connectivity index (χ3n) is 2.19. The Morgan fingerprint density at radius 1 is 1.44 bits per heavy atom. The maximum absolute atomic E-state index is 11.5. The van der Waals surface area contributed by atoms with Gasteiger partial charge in [0.25, 0.3) is 0 Å². The lowest BCUT2D eigenvalue weighted by atomic mass is 10.3. The third-order valence-corrected chi connectivity index (χ3v) is 2.19. The van der Waals surface area contributed by atoms with Gasteiger partial charge in [0.1, 0.15) is 7.11 Å². The maximum Gasteiger partial charge on any atom is 0.357 e. The predicted molar refractivity (Wildman–Crippen MR) is 58.3 cm³/mol. The van der Waals surface area contributed by atoms with Crippen molar-refractivity contribution in [3.63, 3.8) is 0 Å². The van der Waals surface area contributed by atoms with Crippen LogP contribution in [0.15, 0.2) is 5.16 Å². The molecular weight excluding hydrogens is 212 g/mol. The first-order valence-electron chi connectivity index (χ1n) is 5.35. The molecule has 0 unspecified atom stereocenters. The Labute approximate surface area is 95.1 Å². The summed E-state index contributed by atoms with van der Waals surface area (Å²) in [6, 6.07) is 0. The molecule has 0 radical (unpaired) electrons. The highest BCUT2D eigenvalue weighted by molar-refractivity contribution is 6.37. The van der Waals surface area contributed by atoms with Gasteiger partial charge < -0.3 is 14.3 Å². The van der Waals surface area contributed by atoms with Crippen LogP contribution in [0.1, 0.15) is 6.92 Å². The number of carbonyl (C=O) groups is 1. The first-order chi connectivity index (χ1) is 7.77. The number of oxime groups is 1. The molecule has 0 amide bonds. The highest BCUT2D eigenvalue weighted by Gasteiger charge is 2.19. The molecule has 1 fully saturated rings. The van der Waals surface area contributed by atoms with Crippen LogP contribution in [0.3, 0.4) is 0 Å². The van der Waals surface area contributed by atoms with E-state index in [1.807, 2.05) is 0 Å². The quantitative estimate of drug-likeness (QED) is 0.374. The van der Waals surface area contributed by atoms with Crippen molar-refractivity contribution in [1.82, 2.24) is 4.90 Å². The van der Waals surface area contributed by atoms with Crippen molar-refractivity contribution in [3.05, 3.63) is 0 Å². The zero-order valence-electron chi connectivity index (χ0n) is 9.77. The van der Waals surface area contributed by atoms with E-state index in [-0.39, 0.29) is 0 Å². The van der Waals surface area contributed by atoms with Crippen molar-refractivity contribution in [3.8, 4) is 0 Å². The Balaban J connectivity index is 2.49. The molecule has 0 spiro atoms. The summed E-state index contributed by atoms with van der Waals surface area (Å²) in [4.78, 5) is 18.2. The second-order valence-corrected chi connectivity index (χ2v) is 3.33. The summed E-state index contributed by atoms with van der Waals surface area (Å²) >= 11 is 0.